The van der Waals surface area contributed by atoms with Gasteiger partial charge in [0.25, 0.3) is 0 Å². The summed E-state index contributed by atoms with van der Waals surface area (Å²) in [6, 6.07) is 14.2. The number of benzene rings is 2. The second-order valence-electron chi connectivity index (χ2n) is 11.0. The average Bonchev–Trinajstić information content (AvgIpc) is 2.73. The first-order valence-corrected chi connectivity index (χ1v) is 13.0. The third-order valence-corrected chi connectivity index (χ3v) is 6.43. The molecule has 0 aliphatic rings. The van der Waals surface area contributed by atoms with Crippen molar-refractivity contribution in [2.24, 2.45) is 0 Å². The van der Waals surface area contributed by atoms with E-state index in [1.807, 2.05) is 0 Å². The van der Waals surface area contributed by atoms with Gasteiger partial charge < -0.3 is 16.0 Å². The van der Waals surface area contributed by atoms with Crippen LogP contribution in [0.4, 0.5) is 11.4 Å². The second-order valence-corrected chi connectivity index (χ2v) is 11.0. The molecule has 3 N–H and O–H groups in total. The minimum absolute atomic E-state index is 0.351. The van der Waals surface area contributed by atoms with Gasteiger partial charge in [0, 0.05) is 36.5 Å². The van der Waals surface area contributed by atoms with E-state index in [1.54, 1.807) is 0 Å². The van der Waals surface area contributed by atoms with Crippen LogP contribution in [0, 0.1) is 0 Å². The van der Waals surface area contributed by atoms with Crippen molar-refractivity contribution in [3.05, 3.63) is 58.7 Å². The highest BCUT2D eigenvalue weighted by molar-refractivity contribution is 5.61. The maximum Gasteiger partial charge on any atom is 0.0413 e. The highest BCUT2D eigenvalue weighted by Gasteiger charge is 2.17. The van der Waals surface area contributed by atoms with Gasteiger partial charge in [-0.25, -0.2) is 0 Å². The molecule has 2 atom stereocenters. The van der Waals surface area contributed by atoms with E-state index in [0.29, 0.717) is 35.8 Å². The lowest BCUT2D eigenvalue weighted by atomic mass is 9.92. The van der Waals surface area contributed by atoms with Gasteiger partial charge in [-0.1, -0.05) is 91.8 Å². The summed E-state index contributed by atoms with van der Waals surface area (Å²) in [5.41, 5.74) is 8.30. The standard InChI is InChI=1S/C30H49N3/c1-19(2)25-13-11-14-26(20(3)4)29(25)32-23(9)17-31-18-24(10)33-30-27(21(5)6)15-12-16-28(30)22(7)8/h11-16,19-24,31-33H,17-18H2,1-10H3. The Balaban J connectivity index is 2.01. The molecule has 0 spiro atoms. The maximum atomic E-state index is 3.83. The molecule has 2 aromatic rings. The van der Waals surface area contributed by atoms with E-state index >= 15 is 0 Å². The van der Waals surface area contributed by atoms with Crippen LogP contribution in [0.15, 0.2) is 36.4 Å². The van der Waals surface area contributed by atoms with Crippen molar-refractivity contribution in [2.45, 2.75) is 105 Å². The first-order valence-electron chi connectivity index (χ1n) is 13.0. The van der Waals surface area contributed by atoms with Crippen molar-refractivity contribution >= 4 is 11.4 Å². The zero-order valence-corrected chi connectivity index (χ0v) is 22.8. The Hall–Kier alpha value is -2.00. The molecule has 2 unspecified atom stereocenters. The molecule has 0 saturated carbocycles. The second kappa shape index (κ2) is 12.5. The lowest BCUT2D eigenvalue weighted by molar-refractivity contribution is 0.595. The SMILES string of the molecule is CC(CNCC(C)Nc1c(C(C)C)cccc1C(C)C)Nc1c(C(C)C)cccc1C(C)C. The molecule has 0 aromatic heterocycles. The molecule has 3 heteroatoms. The highest BCUT2D eigenvalue weighted by Crippen LogP contribution is 2.34. The van der Waals surface area contributed by atoms with Gasteiger partial charge in [-0.05, 0) is 59.8 Å². The van der Waals surface area contributed by atoms with Crippen molar-refractivity contribution < 1.29 is 0 Å². The van der Waals surface area contributed by atoms with Crippen LogP contribution in [0.2, 0.25) is 0 Å². The fourth-order valence-corrected chi connectivity index (χ4v) is 4.55. The van der Waals surface area contributed by atoms with Crippen LogP contribution in [-0.2, 0) is 0 Å². The monoisotopic (exact) mass is 451 g/mol. The Kier molecular flexibility index (Phi) is 10.3. The van der Waals surface area contributed by atoms with Gasteiger partial charge in [-0.3, -0.25) is 0 Å². The van der Waals surface area contributed by atoms with Gasteiger partial charge in [0.1, 0.15) is 0 Å². The number of hydrogen-bond acceptors (Lipinski definition) is 3. The lowest BCUT2D eigenvalue weighted by Crippen LogP contribution is -2.37. The molecule has 0 fully saturated rings. The van der Waals surface area contributed by atoms with Crippen LogP contribution in [-0.4, -0.2) is 25.2 Å². The van der Waals surface area contributed by atoms with Gasteiger partial charge in [-0.15, -0.1) is 0 Å². The van der Waals surface area contributed by atoms with Crippen molar-refractivity contribution in [1.82, 2.24) is 5.32 Å². The number of anilines is 2. The van der Waals surface area contributed by atoms with E-state index in [1.165, 1.54) is 33.6 Å². The zero-order chi connectivity index (χ0) is 24.7. The Morgan fingerprint density at radius 1 is 0.485 bits per heavy atom. The molecule has 184 valence electrons. The fraction of sp³-hybridized carbons (Fsp3) is 0.600. The topological polar surface area (TPSA) is 36.1 Å². The Labute approximate surface area is 204 Å². The zero-order valence-electron chi connectivity index (χ0n) is 22.8. The van der Waals surface area contributed by atoms with Gasteiger partial charge >= 0.3 is 0 Å². The van der Waals surface area contributed by atoms with Gasteiger partial charge in [0.05, 0.1) is 0 Å². The molecular formula is C30H49N3. The van der Waals surface area contributed by atoms with E-state index in [-0.39, 0.29) is 0 Å². The van der Waals surface area contributed by atoms with Crippen molar-refractivity contribution in [1.29, 1.82) is 0 Å². The molecule has 0 saturated heterocycles. The summed E-state index contributed by atoms with van der Waals surface area (Å²) in [6.45, 7) is 24.6. The van der Waals surface area contributed by atoms with E-state index in [9.17, 15) is 0 Å². The predicted octanol–water partition coefficient (Wildman–Crippen LogP) is 8.07. The Morgan fingerprint density at radius 2 is 0.758 bits per heavy atom. The van der Waals surface area contributed by atoms with E-state index in [2.05, 4.69) is 122 Å². The summed E-state index contributed by atoms with van der Waals surface area (Å²) >= 11 is 0. The Bertz CT molecular complexity index is 743. The van der Waals surface area contributed by atoms with Crippen LogP contribution in [0.5, 0.6) is 0 Å². The molecule has 0 heterocycles. The molecule has 3 nitrogen and oxygen atoms in total. The van der Waals surface area contributed by atoms with Gasteiger partial charge in [0.2, 0.25) is 0 Å². The summed E-state index contributed by atoms with van der Waals surface area (Å²) in [5, 5.41) is 11.4. The predicted molar refractivity (Wildman–Crippen MR) is 148 cm³/mol. The molecular weight excluding hydrogens is 402 g/mol. The van der Waals surface area contributed by atoms with Gasteiger partial charge in [0.15, 0.2) is 0 Å². The van der Waals surface area contributed by atoms with Gasteiger partial charge in [-0.2, -0.15) is 0 Å². The third-order valence-electron chi connectivity index (χ3n) is 6.43. The molecule has 0 aliphatic carbocycles. The van der Waals surface area contributed by atoms with Crippen molar-refractivity contribution in [3.8, 4) is 0 Å². The summed E-state index contributed by atoms with van der Waals surface area (Å²) in [6.07, 6.45) is 0. The minimum atomic E-state index is 0.351. The third kappa shape index (κ3) is 7.50. The summed E-state index contributed by atoms with van der Waals surface area (Å²) in [7, 11) is 0. The summed E-state index contributed by atoms with van der Waals surface area (Å²) in [4.78, 5) is 0. The summed E-state index contributed by atoms with van der Waals surface area (Å²) < 4.78 is 0. The first-order chi connectivity index (χ1) is 15.5. The molecule has 2 aromatic carbocycles. The largest absolute Gasteiger partial charge is 0.381 e. The number of hydrogen-bond donors (Lipinski definition) is 3. The van der Waals surface area contributed by atoms with E-state index in [4.69, 9.17) is 0 Å². The molecule has 0 radical (unpaired) electrons. The minimum Gasteiger partial charge on any atom is -0.381 e. The van der Waals surface area contributed by atoms with Crippen LogP contribution in [0.3, 0.4) is 0 Å². The molecule has 0 amide bonds. The quantitative estimate of drug-likeness (QED) is 0.305. The van der Waals surface area contributed by atoms with Crippen LogP contribution < -0.4 is 16.0 Å². The molecule has 33 heavy (non-hydrogen) atoms. The van der Waals surface area contributed by atoms with Crippen LogP contribution >= 0.6 is 0 Å². The van der Waals surface area contributed by atoms with Crippen molar-refractivity contribution in [3.63, 3.8) is 0 Å². The first kappa shape index (κ1) is 27.2. The maximum absolute atomic E-state index is 3.83. The van der Waals surface area contributed by atoms with Crippen molar-refractivity contribution in [2.75, 3.05) is 23.7 Å². The fourth-order valence-electron chi connectivity index (χ4n) is 4.55. The Morgan fingerprint density at radius 3 is 1.00 bits per heavy atom. The highest BCUT2D eigenvalue weighted by atomic mass is 15.0. The number of rotatable bonds is 12. The normalized spacial score (nSPS) is 13.8. The smallest absolute Gasteiger partial charge is 0.0413 e. The molecule has 0 aliphatic heterocycles. The average molecular weight is 452 g/mol. The number of nitrogens with one attached hydrogen (secondary N) is 3. The van der Waals surface area contributed by atoms with Crippen LogP contribution in [0.25, 0.3) is 0 Å². The van der Waals surface area contributed by atoms with Crippen LogP contribution in [0.1, 0.15) is 115 Å². The lowest BCUT2D eigenvalue weighted by Gasteiger charge is -2.26. The molecule has 2 rings (SSSR count). The number of para-hydroxylation sites is 2. The van der Waals surface area contributed by atoms with E-state index < -0.39 is 0 Å². The summed E-state index contributed by atoms with van der Waals surface area (Å²) in [5.74, 6) is 2.03. The molecule has 0 bridgehead atoms. The van der Waals surface area contributed by atoms with E-state index in [0.717, 1.165) is 13.1 Å².